The van der Waals surface area contributed by atoms with Crippen molar-refractivity contribution in [2.24, 2.45) is 0 Å². The van der Waals surface area contributed by atoms with Crippen LogP contribution in [0, 0.1) is 0 Å². The number of carbonyl (C=O) groups is 2. The third-order valence-corrected chi connectivity index (χ3v) is 4.13. The molecule has 7 heteroatoms. The summed E-state index contributed by atoms with van der Waals surface area (Å²) < 4.78 is 15.3. The number of aliphatic hydroxyl groups is 1. The van der Waals surface area contributed by atoms with Gasteiger partial charge in [0.1, 0.15) is 18.3 Å². The minimum atomic E-state index is -0.550. The third-order valence-electron chi connectivity index (χ3n) is 4.13. The lowest BCUT2D eigenvalue weighted by molar-refractivity contribution is -0.707. The molecule has 2 rings (SSSR count). The Morgan fingerprint density at radius 2 is 1.73 bits per heavy atom. The second-order valence-electron chi connectivity index (χ2n) is 5.84. The van der Waals surface area contributed by atoms with Crippen molar-refractivity contribution in [3.05, 3.63) is 47.2 Å². The first kappa shape index (κ1) is 19.7. The van der Waals surface area contributed by atoms with Gasteiger partial charge in [-0.2, -0.15) is 0 Å². The minimum absolute atomic E-state index is 0.105. The van der Waals surface area contributed by atoms with Crippen LogP contribution in [0.2, 0.25) is 0 Å². The number of furan rings is 1. The number of nitrogens with two attached hydrogens (primary N) is 1. The van der Waals surface area contributed by atoms with Gasteiger partial charge in [0.25, 0.3) is 0 Å². The molecular formula is C19H24NO6+. The van der Waals surface area contributed by atoms with E-state index in [2.05, 4.69) is 0 Å². The van der Waals surface area contributed by atoms with E-state index in [9.17, 15) is 14.7 Å². The minimum Gasteiger partial charge on any atom is -0.465 e. The maximum absolute atomic E-state index is 11.9. The molecule has 0 aliphatic carbocycles. The van der Waals surface area contributed by atoms with E-state index in [1.165, 1.54) is 20.3 Å². The van der Waals surface area contributed by atoms with Gasteiger partial charge < -0.3 is 24.3 Å². The summed E-state index contributed by atoms with van der Waals surface area (Å²) >= 11 is 0. The Morgan fingerprint density at radius 1 is 1.12 bits per heavy atom. The van der Waals surface area contributed by atoms with Crippen LogP contribution in [0.5, 0.6) is 0 Å². The van der Waals surface area contributed by atoms with E-state index in [0.29, 0.717) is 17.9 Å². The SMILES string of the molecule is CC[C@@H](CO)[NH2+]Cc1ccc(-c2cc(C(=O)OC)cc(C(=O)OC)c2)o1. The Labute approximate surface area is 151 Å². The summed E-state index contributed by atoms with van der Waals surface area (Å²) in [6.45, 7) is 2.70. The maximum atomic E-state index is 11.9. The van der Waals surface area contributed by atoms with E-state index in [4.69, 9.17) is 13.9 Å². The molecule has 0 fully saturated rings. The predicted molar refractivity (Wildman–Crippen MR) is 93.6 cm³/mol. The molecule has 0 saturated heterocycles. The molecule has 1 atom stereocenters. The van der Waals surface area contributed by atoms with Crippen molar-refractivity contribution in [3.8, 4) is 11.3 Å². The van der Waals surface area contributed by atoms with Gasteiger partial charge in [0.2, 0.25) is 0 Å². The van der Waals surface area contributed by atoms with Crippen LogP contribution < -0.4 is 5.32 Å². The van der Waals surface area contributed by atoms with Gasteiger partial charge in [0.05, 0.1) is 32.0 Å². The van der Waals surface area contributed by atoms with Crippen molar-refractivity contribution in [3.63, 3.8) is 0 Å². The zero-order chi connectivity index (χ0) is 19.1. The van der Waals surface area contributed by atoms with Gasteiger partial charge in [-0.15, -0.1) is 0 Å². The van der Waals surface area contributed by atoms with Gasteiger partial charge in [-0.25, -0.2) is 9.59 Å². The van der Waals surface area contributed by atoms with E-state index in [1.807, 2.05) is 18.3 Å². The highest BCUT2D eigenvalue weighted by atomic mass is 16.5. The molecule has 0 radical (unpaired) electrons. The molecule has 0 unspecified atom stereocenters. The topological polar surface area (TPSA) is 103 Å². The number of benzene rings is 1. The molecule has 0 spiro atoms. The Hall–Kier alpha value is -2.64. The summed E-state index contributed by atoms with van der Waals surface area (Å²) in [7, 11) is 2.55. The molecule has 0 aliphatic rings. The molecule has 0 saturated carbocycles. The first-order valence-electron chi connectivity index (χ1n) is 8.37. The molecule has 1 heterocycles. The Kier molecular flexibility index (Phi) is 6.94. The van der Waals surface area contributed by atoms with Crippen LogP contribution in [0.25, 0.3) is 11.3 Å². The molecule has 0 bridgehead atoms. The molecule has 140 valence electrons. The van der Waals surface area contributed by atoms with Gasteiger partial charge in [-0.3, -0.25) is 0 Å². The average Bonchev–Trinajstić information content (AvgIpc) is 3.16. The van der Waals surface area contributed by atoms with Crippen molar-refractivity contribution in [1.82, 2.24) is 0 Å². The molecular weight excluding hydrogens is 338 g/mol. The molecule has 0 amide bonds. The fourth-order valence-corrected chi connectivity index (χ4v) is 2.54. The van der Waals surface area contributed by atoms with E-state index < -0.39 is 11.9 Å². The molecule has 7 nitrogen and oxygen atoms in total. The predicted octanol–water partition coefficient (Wildman–Crippen LogP) is 1.35. The number of hydrogen-bond donors (Lipinski definition) is 2. The van der Waals surface area contributed by atoms with Crippen LogP contribution in [-0.4, -0.2) is 43.9 Å². The highest BCUT2D eigenvalue weighted by molar-refractivity contribution is 5.97. The number of carbonyl (C=O) groups excluding carboxylic acids is 2. The Balaban J connectivity index is 2.29. The van der Waals surface area contributed by atoms with Crippen LogP contribution in [0.4, 0.5) is 0 Å². The van der Waals surface area contributed by atoms with Crippen molar-refractivity contribution in [2.75, 3.05) is 20.8 Å². The quantitative estimate of drug-likeness (QED) is 0.687. The van der Waals surface area contributed by atoms with Crippen molar-refractivity contribution in [2.45, 2.75) is 25.9 Å². The van der Waals surface area contributed by atoms with Gasteiger partial charge in [-0.1, -0.05) is 6.92 Å². The van der Waals surface area contributed by atoms with Crippen molar-refractivity contribution in [1.29, 1.82) is 0 Å². The van der Waals surface area contributed by atoms with E-state index in [0.717, 1.165) is 12.2 Å². The molecule has 3 N–H and O–H groups in total. The van der Waals surface area contributed by atoms with Gasteiger partial charge in [0, 0.05) is 5.56 Å². The van der Waals surface area contributed by atoms with Crippen LogP contribution in [-0.2, 0) is 16.0 Å². The first-order chi connectivity index (χ1) is 12.5. The first-order valence-corrected chi connectivity index (χ1v) is 8.37. The smallest absolute Gasteiger partial charge is 0.337 e. The van der Waals surface area contributed by atoms with Crippen LogP contribution >= 0.6 is 0 Å². The monoisotopic (exact) mass is 362 g/mol. The zero-order valence-electron chi connectivity index (χ0n) is 15.2. The van der Waals surface area contributed by atoms with Crippen LogP contribution in [0.1, 0.15) is 39.8 Å². The number of aliphatic hydroxyl groups excluding tert-OH is 1. The van der Waals surface area contributed by atoms with Crippen molar-refractivity contribution < 1.29 is 33.9 Å². The number of hydrogen-bond acceptors (Lipinski definition) is 6. The third kappa shape index (κ3) is 4.71. The summed E-state index contributed by atoms with van der Waals surface area (Å²) in [5, 5.41) is 11.3. The van der Waals surface area contributed by atoms with E-state index >= 15 is 0 Å². The van der Waals surface area contributed by atoms with Gasteiger partial charge in [0.15, 0.2) is 5.76 Å². The molecule has 26 heavy (non-hydrogen) atoms. The van der Waals surface area contributed by atoms with E-state index in [1.54, 1.807) is 18.2 Å². The largest absolute Gasteiger partial charge is 0.465 e. The van der Waals surface area contributed by atoms with Gasteiger partial charge >= 0.3 is 11.9 Å². The molecule has 1 aromatic heterocycles. The number of rotatable bonds is 8. The number of methoxy groups -OCH3 is 2. The van der Waals surface area contributed by atoms with Gasteiger partial charge in [-0.05, 0) is 36.8 Å². The average molecular weight is 362 g/mol. The summed E-state index contributed by atoms with van der Waals surface area (Å²) in [6.07, 6.45) is 0.855. The number of quaternary nitrogens is 1. The maximum Gasteiger partial charge on any atom is 0.337 e. The number of esters is 2. The van der Waals surface area contributed by atoms with E-state index in [-0.39, 0.29) is 23.8 Å². The Bertz CT molecular complexity index is 729. The summed E-state index contributed by atoms with van der Waals surface area (Å²) in [4.78, 5) is 23.8. The fraction of sp³-hybridized carbons (Fsp3) is 0.368. The second kappa shape index (κ2) is 9.17. The van der Waals surface area contributed by atoms with Crippen molar-refractivity contribution >= 4 is 11.9 Å². The lowest BCUT2D eigenvalue weighted by Crippen LogP contribution is -2.89. The zero-order valence-corrected chi connectivity index (χ0v) is 15.2. The van der Waals surface area contributed by atoms with Crippen LogP contribution in [0.15, 0.2) is 34.7 Å². The molecule has 0 aliphatic heterocycles. The summed E-state index contributed by atoms with van der Waals surface area (Å²) in [5.74, 6) is 0.160. The lowest BCUT2D eigenvalue weighted by atomic mass is 10.0. The molecule has 1 aromatic carbocycles. The summed E-state index contributed by atoms with van der Waals surface area (Å²) in [5.41, 5.74) is 1.05. The highest BCUT2D eigenvalue weighted by Gasteiger charge is 2.17. The number of ether oxygens (including phenoxy) is 2. The second-order valence-corrected chi connectivity index (χ2v) is 5.84. The Morgan fingerprint density at radius 3 is 2.23 bits per heavy atom. The van der Waals surface area contributed by atoms with Crippen LogP contribution in [0.3, 0.4) is 0 Å². The standard InChI is InChI=1S/C19H23NO6/c1-4-15(11-21)20-10-16-5-6-17(26-16)12-7-13(18(22)24-2)9-14(8-12)19(23)25-3/h5-9,15,20-21H,4,10-11H2,1-3H3/p+1/t15-/m0/s1. The normalized spacial score (nSPS) is 11.8. The molecule has 2 aromatic rings. The summed E-state index contributed by atoms with van der Waals surface area (Å²) in [6, 6.07) is 8.36. The fourth-order valence-electron chi connectivity index (χ4n) is 2.54. The lowest BCUT2D eigenvalue weighted by Gasteiger charge is -2.09. The highest BCUT2D eigenvalue weighted by Crippen LogP contribution is 2.25.